The standard InChI is InChI=1S/C15H18N2O4/c1-10(18)14-12-6-5-11(15(19)21-3)9-13(12)17(16-14)7-4-8-20-2/h5-6,9H,4,7-8H2,1-3H3. The van der Waals surface area contributed by atoms with Gasteiger partial charge in [-0.15, -0.1) is 0 Å². The summed E-state index contributed by atoms with van der Waals surface area (Å²) in [6, 6.07) is 5.08. The van der Waals surface area contributed by atoms with Crippen molar-refractivity contribution in [2.75, 3.05) is 20.8 Å². The van der Waals surface area contributed by atoms with Crippen LogP contribution in [0, 0.1) is 0 Å². The highest BCUT2D eigenvalue weighted by Crippen LogP contribution is 2.21. The van der Waals surface area contributed by atoms with E-state index in [2.05, 4.69) is 5.10 Å². The van der Waals surface area contributed by atoms with Crippen molar-refractivity contribution in [2.45, 2.75) is 19.9 Å². The Kier molecular flexibility index (Phi) is 4.70. The minimum absolute atomic E-state index is 0.101. The normalized spacial score (nSPS) is 10.8. The van der Waals surface area contributed by atoms with Gasteiger partial charge in [0, 0.05) is 32.6 Å². The van der Waals surface area contributed by atoms with E-state index in [1.165, 1.54) is 14.0 Å². The zero-order valence-electron chi connectivity index (χ0n) is 12.4. The summed E-state index contributed by atoms with van der Waals surface area (Å²) in [5, 5.41) is 5.09. The molecule has 0 amide bonds. The lowest BCUT2D eigenvalue weighted by Crippen LogP contribution is -2.05. The highest BCUT2D eigenvalue weighted by molar-refractivity contribution is 6.06. The molecular formula is C15H18N2O4. The van der Waals surface area contributed by atoms with Crippen LogP contribution in [0.4, 0.5) is 0 Å². The molecule has 0 aliphatic carbocycles. The maximum absolute atomic E-state index is 11.7. The molecule has 1 aromatic heterocycles. The molecule has 1 aromatic carbocycles. The Morgan fingerprint density at radius 3 is 2.67 bits per heavy atom. The largest absolute Gasteiger partial charge is 0.465 e. The summed E-state index contributed by atoms with van der Waals surface area (Å²) in [5.74, 6) is -0.512. The van der Waals surface area contributed by atoms with Crippen LogP contribution in [0.5, 0.6) is 0 Å². The number of carbonyl (C=O) groups excluding carboxylic acids is 2. The fourth-order valence-electron chi connectivity index (χ4n) is 2.21. The molecule has 0 radical (unpaired) electrons. The first-order valence-electron chi connectivity index (χ1n) is 6.67. The number of ketones is 1. The fourth-order valence-corrected chi connectivity index (χ4v) is 2.21. The summed E-state index contributed by atoms with van der Waals surface area (Å²) in [6.45, 7) is 2.70. The summed E-state index contributed by atoms with van der Waals surface area (Å²) in [5.41, 5.74) is 1.60. The molecule has 0 fully saturated rings. The van der Waals surface area contributed by atoms with Crippen LogP contribution in [0.2, 0.25) is 0 Å². The van der Waals surface area contributed by atoms with Crippen LogP contribution in [-0.4, -0.2) is 42.4 Å². The Morgan fingerprint density at radius 1 is 1.29 bits per heavy atom. The number of hydrogen-bond donors (Lipinski definition) is 0. The zero-order chi connectivity index (χ0) is 15.4. The number of ether oxygens (including phenoxy) is 2. The SMILES string of the molecule is COCCCn1nc(C(C)=O)c2ccc(C(=O)OC)cc21. The van der Waals surface area contributed by atoms with E-state index in [1.807, 2.05) is 0 Å². The Hall–Kier alpha value is -2.21. The van der Waals surface area contributed by atoms with Gasteiger partial charge in [-0.3, -0.25) is 9.48 Å². The van der Waals surface area contributed by atoms with Crippen LogP contribution in [0.25, 0.3) is 10.9 Å². The number of Topliss-reactive ketones (excluding diaryl/α,β-unsaturated/α-hetero) is 1. The summed E-state index contributed by atoms with van der Waals surface area (Å²) in [6.07, 6.45) is 0.771. The maximum atomic E-state index is 11.7. The van der Waals surface area contributed by atoms with Crippen molar-refractivity contribution >= 4 is 22.7 Å². The molecule has 0 bridgehead atoms. The summed E-state index contributed by atoms with van der Waals surface area (Å²) >= 11 is 0. The predicted molar refractivity (Wildman–Crippen MR) is 77.6 cm³/mol. The highest BCUT2D eigenvalue weighted by atomic mass is 16.5. The Labute approximate surface area is 122 Å². The van der Waals surface area contributed by atoms with Crippen LogP contribution in [0.15, 0.2) is 18.2 Å². The molecule has 0 saturated carbocycles. The molecular weight excluding hydrogens is 272 g/mol. The van der Waals surface area contributed by atoms with Gasteiger partial charge in [0.15, 0.2) is 5.78 Å². The van der Waals surface area contributed by atoms with Crippen molar-refractivity contribution in [2.24, 2.45) is 0 Å². The van der Waals surface area contributed by atoms with Gasteiger partial charge in [-0.05, 0) is 24.6 Å². The first-order valence-corrected chi connectivity index (χ1v) is 6.67. The van der Waals surface area contributed by atoms with Gasteiger partial charge in [0.05, 0.1) is 18.2 Å². The van der Waals surface area contributed by atoms with E-state index in [4.69, 9.17) is 9.47 Å². The molecule has 0 unspecified atom stereocenters. The number of carbonyl (C=O) groups is 2. The minimum atomic E-state index is -0.411. The molecule has 2 aromatic rings. The Morgan fingerprint density at radius 2 is 2.05 bits per heavy atom. The number of aryl methyl sites for hydroxylation is 1. The number of hydrogen-bond acceptors (Lipinski definition) is 5. The Balaban J connectivity index is 2.49. The van der Waals surface area contributed by atoms with Gasteiger partial charge >= 0.3 is 5.97 Å². The highest BCUT2D eigenvalue weighted by Gasteiger charge is 2.16. The summed E-state index contributed by atoms with van der Waals surface area (Å²) in [4.78, 5) is 23.3. The zero-order valence-corrected chi connectivity index (χ0v) is 12.4. The van der Waals surface area contributed by atoms with Crippen LogP contribution >= 0.6 is 0 Å². The van der Waals surface area contributed by atoms with Crippen molar-refractivity contribution in [3.8, 4) is 0 Å². The number of nitrogens with zero attached hydrogens (tertiary/aromatic N) is 2. The fraction of sp³-hybridized carbons (Fsp3) is 0.400. The monoisotopic (exact) mass is 290 g/mol. The molecule has 1 heterocycles. The second-order valence-corrected chi connectivity index (χ2v) is 4.70. The molecule has 0 saturated heterocycles. The quantitative estimate of drug-likeness (QED) is 0.462. The van der Waals surface area contributed by atoms with Gasteiger partial charge < -0.3 is 9.47 Å². The Bertz CT molecular complexity index is 676. The first kappa shape index (κ1) is 15.2. The number of rotatable bonds is 6. The van der Waals surface area contributed by atoms with Gasteiger partial charge in [-0.2, -0.15) is 5.10 Å². The van der Waals surface area contributed by atoms with Crippen LogP contribution < -0.4 is 0 Å². The number of benzene rings is 1. The molecule has 0 atom stereocenters. The average Bonchev–Trinajstić information content (AvgIpc) is 2.85. The number of esters is 1. The van der Waals surface area contributed by atoms with Gasteiger partial charge in [-0.25, -0.2) is 4.79 Å². The van der Waals surface area contributed by atoms with Crippen molar-refractivity contribution in [1.82, 2.24) is 9.78 Å². The lowest BCUT2D eigenvalue weighted by molar-refractivity contribution is 0.0600. The molecule has 0 aliphatic heterocycles. The van der Waals surface area contributed by atoms with E-state index in [1.54, 1.807) is 30.0 Å². The summed E-state index contributed by atoms with van der Waals surface area (Å²) < 4.78 is 11.5. The third kappa shape index (κ3) is 3.11. The third-order valence-electron chi connectivity index (χ3n) is 3.22. The van der Waals surface area contributed by atoms with Crippen LogP contribution in [-0.2, 0) is 16.0 Å². The van der Waals surface area contributed by atoms with Gasteiger partial charge in [0.2, 0.25) is 0 Å². The average molecular weight is 290 g/mol. The van der Waals surface area contributed by atoms with Gasteiger partial charge in [-0.1, -0.05) is 0 Å². The van der Waals surface area contributed by atoms with E-state index in [0.717, 1.165) is 17.3 Å². The van der Waals surface area contributed by atoms with E-state index >= 15 is 0 Å². The van der Waals surface area contributed by atoms with Crippen molar-refractivity contribution in [1.29, 1.82) is 0 Å². The number of methoxy groups -OCH3 is 2. The van der Waals surface area contributed by atoms with E-state index < -0.39 is 5.97 Å². The van der Waals surface area contributed by atoms with Gasteiger partial charge in [0.1, 0.15) is 5.69 Å². The van der Waals surface area contributed by atoms with E-state index in [0.29, 0.717) is 24.4 Å². The van der Waals surface area contributed by atoms with Crippen LogP contribution in [0.3, 0.4) is 0 Å². The molecule has 6 nitrogen and oxygen atoms in total. The molecule has 2 rings (SSSR count). The summed E-state index contributed by atoms with van der Waals surface area (Å²) in [7, 11) is 2.97. The number of fused-ring (bicyclic) bond motifs is 1. The third-order valence-corrected chi connectivity index (χ3v) is 3.22. The van der Waals surface area contributed by atoms with Crippen molar-refractivity contribution in [3.05, 3.63) is 29.5 Å². The first-order chi connectivity index (χ1) is 10.1. The smallest absolute Gasteiger partial charge is 0.337 e. The molecule has 0 N–H and O–H groups in total. The lowest BCUT2D eigenvalue weighted by atomic mass is 10.1. The van der Waals surface area contributed by atoms with E-state index in [9.17, 15) is 9.59 Å². The lowest BCUT2D eigenvalue weighted by Gasteiger charge is -2.04. The second-order valence-electron chi connectivity index (χ2n) is 4.70. The number of aromatic nitrogens is 2. The topological polar surface area (TPSA) is 70.4 Å². The van der Waals surface area contributed by atoms with Crippen LogP contribution in [0.1, 0.15) is 34.2 Å². The van der Waals surface area contributed by atoms with Crippen molar-refractivity contribution in [3.63, 3.8) is 0 Å². The van der Waals surface area contributed by atoms with Crippen molar-refractivity contribution < 1.29 is 19.1 Å². The molecule has 0 aliphatic rings. The van der Waals surface area contributed by atoms with Gasteiger partial charge in [0.25, 0.3) is 0 Å². The molecule has 112 valence electrons. The maximum Gasteiger partial charge on any atom is 0.337 e. The predicted octanol–water partition coefficient (Wildman–Crippen LogP) is 2.06. The minimum Gasteiger partial charge on any atom is -0.465 e. The molecule has 0 spiro atoms. The van der Waals surface area contributed by atoms with E-state index in [-0.39, 0.29) is 5.78 Å². The molecule has 21 heavy (non-hydrogen) atoms. The second kappa shape index (κ2) is 6.49. The molecule has 6 heteroatoms.